The largest absolute Gasteiger partial charge is 0.423 e. The van der Waals surface area contributed by atoms with E-state index in [-0.39, 0.29) is 29.1 Å². The van der Waals surface area contributed by atoms with Crippen LogP contribution in [-0.4, -0.2) is 17.8 Å². The second kappa shape index (κ2) is 7.04. The third-order valence-electron chi connectivity index (χ3n) is 7.22. The summed E-state index contributed by atoms with van der Waals surface area (Å²) in [7, 11) is 0. The van der Waals surface area contributed by atoms with E-state index in [4.69, 9.17) is 4.74 Å². The molecule has 0 N–H and O–H groups in total. The Bertz CT molecular complexity index is 1020. The molecule has 160 valence electrons. The van der Waals surface area contributed by atoms with Crippen molar-refractivity contribution in [1.82, 2.24) is 0 Å². The number of carbonyl (C=O) groups excluding carboxylic acids is 3. The Morgan fingerprint density at radius 2 is 1.42 bits per heavy atom. The van der Waals surface area contributed by atoms with Crippen molar-refractivity contribution in [1.29, 1.82) is 0 Å². The van der Waals surface area contributed by atoms with E-state index in [9.17, 15) is 14.4 Å². The highest BCUT2D eigenvalue weighted by Crippen LogP contribution is 2.56. The fraction of sp³-hybridized carbons (Fsp3) is 0.423. The lowest BCUT2D eigenvalue weighted by atomic mass is 9.81. The number of hydrogen-bond donors (Lipinski definition) is 0. The van der Waals surface area contributed by atoms with Crippen molar-refractivity contribution in [3.05, 3.63) is 59.7 Å². The SMILES string of the molecule is CC(C)(C)c1ccc(OC(=O)c2ccc(N3C(=O)[C@@H]4[C@H]5CC[C@@H](C5)[C@H]4C3=O)cc2)cc1. The van der Waals surface area contributed by atoms with Crippen molar-refractivity contribution in [3.63, 3.8) is 0 Å². The van der Waals surface area contributed by atoms with Gasteiger partial charge in [0.05, 0.1) is 23.1 Å². The molecule has 5 nitrogen and oxygen atoms in total. The average Bonchev–Trinajstić information content (AvgIpc) is 3.42. The monoisotopic (exact) mass is 417 g/mol. The molecule has 0 radical (unpaired) electrons. The van der Waals surface area contributed by atoms with Gasteiger partial charge >= 0.3 is 5.97 Å². The van der Waals surface area contributed by atoms with Crippen molar-refractivity contribution in [2.24, 2.45) is 23.7 Å². The van der Waals surface area contributed by atoms with E-state index in [2.05, 4.69) is 20.8 Å². The first-order chi connectivity index (χ1) is 14.7. The highest BCUT2D eigenvalue weighted by atomic mass is 16.5. The summed E-state index contributed by atoms with van der Waals surface area (Å²) in [4.78, 5) is 39.8. The number of rotatable bonds is 3. The fourth-order valence-corrected chi connectivity index (χ4v) is 5.60. The van der Waals surface area contributed by atoms with Crippen LogP contribution in [0.2, 0.25) is 0 Å². The van der Waals surface area contributed by atoms with E-state index in [0.717, 1.165) is 24.8 Å². The molecule has 3 aliphatic rings. The van der Waals surface area contributed by atoms with Crippen LogP contribution in [0.1, 0.15) is 56.0 Å². The number of esters is 1. The number of fused-ring (bicyclic) bond motifs is 5. The third kappa shape index (κ3) is 3.27. The van der Waals surface area contributed by atoms with Gasteiger partial charge in [0.2, 0.25) is 11.8 Å². The number of benzene rings is 2. The molecular formula is C26H27NO4. The molecule has 1 saturated heterocycles. The molecule has 31 heavy (non-hydrogen) atoms. The van der Waals surface area contributed by atoms with Crippen LogP contribution in [0.5, 0.6) is 5.75 Å². The lowest BCUT2D eigenvalue weighted by Crippen LogP contribution is -2.32. The zero-order valence-electron chi connectivity index (χ0n) is 18.1. The van der Waals surface area contributed by atoms with E-state index >= 15 is 0 Å². The maximum atomic E-state index is 13.0. The Morgan fingerprint density at radius 1 is 0.871 bits per heavy atom. The van der Waals surface area contributed by atoms with Crippen LogP contribution in [0.15, 0.2) is 48.5 Å². The van der Waals surface area contributed by atoms with E-state index < -0.39 is 5.97 Å². The Kier molecular flexibility index (Phi) is 4.54. The molecule has 5 rings (SSSR count). The second-order valence-corrected chi connectivity index (χ2v) is 10.1. The Balaban J connectivity index is 1.30. The van der Waals surface area contributed by atoms with Gasteiger partial charge in [-0.3, -0.25) is 14.5 Å². The molecule has 2 aromatic carbocycles. The van der Waals surface area contributed by atoms with Gasteiger partial charge in [-0.05, 0) is 78.5 Å². The van der Waals surface area contributed by atoms with Crippen molar-refractivity contribution in [2.45, 2.75) is 45.4 Å². The van der Waals surface area contributed by atoms with Crippen molar-refractivity contribution >= 4 is 23.5 Å². The van der Waals surface area contributed by atoms with Crippen LogP contribution in [-0.2, 0) is 15.0 Å². The molecule has 2 bridgehead atoms. The molecule has 5 heteroatoms. The van der Waals surface area contributed by atoms with Gasteiger partial charge in [0, 0.05) is 0 Å². The van der Waals surface area contributed by atoms with Crippen molar-refractivity contribution in [3.8, 4) is 5.75 Å². The number of nitrogens with zero attached hydrogens (tertiary/aromatic N) is 1. The van der Waals surface area contributed by atoms with E-state index in [1.54, 1.807) is 36.4 Å². The number of ether oxygens (including phenoxy) is 1. The van der Waals surface area contributed by atoms with E-state index in [0.29, 0.717) is 28.8 Å². The van der Waals surface area contributed by atoms with E-state index in [1.165, 1.54) is 4.90 Å². The zero-order valence-corrected chi connectivity index (χ0v) is 18.1. The van der Waals surface area contributed by atoms with Crippen molar-refractivity contribution < 1.29 is 19.1 Å². The molecule has 0 unspecified atom stereocenters. The minimum absolute atomic E-state index is 0.0286. The highest BCUT2D eigenvalue weighted by Gasteiger charge is 2.61. The summed E-state index contributed by atoms with van der Waals surface area (Å²) in [5.41, 5.74) is 2.11. The van der Waals surface area contributed by atoms with Crippen molar-refractivity contribution in [2.75, 3.05) is 4.90 Å². The smallest absolute Gasteiger partial charge is 0.343 e. The summed E-state index contributed by atoms with van der Waals surface area (Å²) in [6.45, 7) is 6.39. The summed E-state index contributed by atoms with van der Waals surface area (Å²) in [6, 6.07) is 14.1. The Labute approximate surface area is 182 Å². The lowest BCUT2D eigenvalue weighted by molar-refractivity contribution is -0.123. The van der Waals surface area contributed by atoms with Gasteiger partial charge in [-0.15, -0.1) is 0 Å². The number of hydrogen-bond acceptors (Lipinski definition) is 4. The minimum atomic E-state index is -0.468. The molecule has 2 amide bonds. The van der Waals surface area contributed by atoms with Crippen LogP contribution >= 0.6 is 0 Å². The van der Waals surface area contributed by atoms with Crippen LogP contribution in [0.3, 0.4) is 0 Å². The molecule has 0 spiro atoms. The molecule has 1 heterocycles. The lowest BCUT2D eigenvalue weighted by Gasteiger charge is -2.19. The predicted molar refractivity (Wildman–Crippen MR) is 117 cm³/mol. The van der Waals surface area contributed by atoms with E-state index in [1.807, 2.05) is 12.1 Å². The first kappa shape index (κ1) is 20.0. The van der Waals surface area contributed by atoms with Crippen LogP contribution in [0.25, 0.3) is 0 Å². The average molecular weight is 418 g/mol. The number of anilines is 1. The number of carbonyl (C=O) groups is 3. The second-order valence-electron chi connectivity index (χ2n) is 10.1. The van der Waals surface area contributed by atoms with Crippen LogP contribution in [0, 0.1) is 23.7 Å². The fourth-order valence-electron chi connectivity index (χ4n) is 5.60. The predicted octanol–water partition coefficient (Wildman–Crippen LogP) is 4.74. The van der Waals surface area contributed by atoms with Crippen LogP contribution in [0.4, 0.5) is 5.69 Å². The quantitative estimate of drug-likeness (QED) is 0.411. The zero-order chi connectivity index (χ0) is 21.9. The molecule has 2 aliphatic carbocycles. The van der Waals surface area contributed by atoms with Gasteiger partial charge in [0.1, 0.15) is 5.75 Å². The summed E-state index contributed by atoms with van der Waals surface area (Å²) >= 11 is 0. The topological polar surface area (TPSA) is 63.7 Å². The molecular weight excluding hydrogens is 390 g/mol. The summed E-state index contributed by atoms with van der Waals surface area (Å²) in [5, 5.41) is 0. The van der Waals surface area contributed by atoms with Crippen LogP contribution < -0.4 is 9.64 Å². The maximum absolute atomic E-state index is 13.0. The summed E-state index contributed by atoms with van der Waals surface area (Å²) in [5.74, 6) is 0.289. The Hall–Kier alpha value is -2.95. The molecule has 1 aliphatic heterocycles. The standard InChI is InChI=1S/C26H27NO4/c1-26(2,3)18-8-12-20(13-9-18)31-25(30)15-6-10-19(11-7-15)27-23(28)21-16-4-5-17(14-16)22(21)24(27)29/h6-13,16-17,21-22H,4-5,14H2,1-3H3/t16-,17-,21+,22+/m0/s1. The van der Waals surface area contributed by atoms with Gasteiger partial charge in [-0.1, -0.05) is 32.9 Å². The van der Waals surface area contributed by atoms with Gasteiger partial charge in [-0.2, -0.15) is 0 Å². The number of imide groups is 1. The summed E-state index contributed by atoms with van der Waals surface area (Å²) in [6.07, 6.45) is 3.13. The van der Waals surface area contributed by atoms with Gasteiger partial charge in [0.15, 0.2) is 0 Å². The van der Waals surface area contributed by atoms with Gasteiger partial charge < -0.3 is 4.74 Å². The maximum Gasteiger partial charge on any atom is 0.343 e. The number of amides is 2. The summed E-state index contributed by atoms with van der Waals surface area (Å²) < 4.78 is 5.49. The first-order valence-corrected chi connectivity index (χ1v) is 11.0. The van der Waals surface area contributed by atoms with Gasteiger partial charge in [-0.25, -0.2) is 4.79 Å². The molecule has 3 fully saturated rings. The molecule has 4 atom stereocenters. The highest BCUT2D eigenvalue weighted by molar-refractivity contribution is 6.22. The normalized spacial score (nSPS) is 27.0. The first-order valence-electron chi connectivity index (χ1n) is 11.0. The minimum Gasteiger partial charge on any atom is -0.423 e. The molecule has 0 aromatic heterocycles. The Morgan fingerprint density at radius 3 is 1.94 bits per heavy atom. The molecule has 2 aromatic rings. The third-order valence-corrected chi connectivity index (χ3v) is 7.22. The van der Waals surface area contributed by atoms with Gasteiger partial charge in [0.25, 0.3) is 0 Å². The molecule has 2 saturated carbocycles.